The van der Waals surface area contributed by atoms with Crippen molar-refractivity contribution in [2.45, 2.75) is 45.7 Å². The van der Waals surface area contributed by atoms with Crippen LogP contribution >= 0.6 is 0 Å². The van der Waals surface area contributed by atoms with Crippen molar-refractivity contribution in [1.82, 2.24) is 20.3 Å². The fraction of sp³-hybridized carbons (Fsp3) is 0.818. The molecule has 0 aromatic carbocycles. The third kappa shape index (κ3) is 2.78. The highest BCUT2D eigenvalue weighted by Crippen LogP contribution is 2.47. The molecule has 1 unspecified atom stereocenters. The Morgan fingerprint density at radius 3 is 2.93 bits per heavy atom. The average Bonchev–Trinajstić information content (AvgIpc) is 2.80. The van der Waals surface area contributed by atoms with Gasteiger partial charge in [-0.05, 0) is 38.1 Å². The minimum Gasteiger partial charge on any atom is -0.314 e. The first kappa shape index (κ1) is 10.6. The van der Waals surface area contributed by atoms with Crippen LogP contribution in [-0.4, -0.2) is 27.6 Å². The second-order valence-corrected chi connectivity index (χ2v) is 4.85. The summed E-state index contributed by atoms with van der Waals surface area (Å²) in [5.74, 6) is 0. The highest BCUT2D eigenvalue weighted by atomic mass is 15.4. The topological polar surface area (TPSA) is 42.7 Å². The zero-order valence-electron chi connectivity index (χ0n) is 9.61. The highest BCUT2D eigenvalue weighted by Gasteiger charge is 2.41. The van der Waals surface area contributed by atoms with E-state index < -0.39 is 0 Å². The number of aryl methyl sites for hydroxylation is 1. The molecule has 1 heterocycles. The fourth-order valence-corrected chi connectivity index (χ4v) is 1.79. The van der Waals surface area contributed by atoms with E-state index in [0.29, 0.717) is 11.5 Å². The first-order chi connectivity index (χ1) is 7.21. The summed E-state index contributed by atoms with van der Waals surface area (Å²) >= 11 is 0. The number of nitrogens with one attached hydrogen (secondary N) is 1. The molecule has 1 fully saturated rings. The molecule has 0 bridgehead atoms. The Kier molecular flexibility index (Phi) is 3.05. The fourth-order valence-electron chi connectivity index (χ4n) is 1.79. The number of hydrogen-bond donors (Lipinski definition) is 1. The van der Waals surface area contributed by atoms with Gasteiger partial charge in [-0.1, -0.05) is 12.1 Å². The molecule has 4 heteroatoms. The Labute approximate surface area is 91.1 Å². The number of hydrogen-bond acceptors (Lipinski definition) is 3. The minimum atomic E-state index is 0.577. The Morgan fingerprint density at radius 2 is 2.33 bits per heavy atom. The first-order valence-corrected chi connectivity index (χ1v) is 5.78. The molecule has 1 aliphatic rings. The minimum absolute atomic E-state index is 0.577. The Morgan fingerprint density at radius 1 is 1.53 bits per heavy atom. The van der Waals surface area contributed by atoms with Crippen LogP contribution in [0.1, 0.15) is 33.1 Å². The molecule has 0 spiro atoms. The van der Waals surface area contributed by atoms with Crippen molar-refractivity contribution in [3.63, 3.8) is 0 Å². The van der Waals surface area contributed by atoms with E-state index in [-0.39, 0.29) is 0 Å². The molecule has 1 aromatic rings. The van der Waals surface area contributed by atoms with Crippen LogP contribution in [0.3, 0.4) is 0 Å². The molecule has 15 heavy (non-hydrogen) atoms. The summed E-state index contributed by atoms with van der Waals surface area (Å²) in [6.45, 7) is 6.68. The van der Waals surface area contributed by atoms with Gasteiger partial charge in [-0.25, -0.2) is 0 Å². The number of rotatable bonds is 6. The number of aromatic nitrogens is 3. The molecule has 0 aliphatic heterocycles. The summed E-state index contributed by atoms with van der Waals surface area (Å²) in [7, 11) is 0. The molecule has 1 N–H and O–H groups in total. The SMILES string of the molecule is CC(NCCCn1ccnn1)C1(C)CC1. The van der Waals surface area contributed by atoms with Gasteiger partial charge in [0.1, 0.15) is 0 Å². The zero-order valence-corrected chi connectivity index (χ0v) is 9.61. The van der Waals surface area contributed by atoms with Gasteiger partial charge in [0.25, 0.3) is 0 Å². The van der Waals surface area contributed by atoms with E-state index in [1.54, 1.807) is 6.20 Å². The largest absolute Gasteiger partial charge is 0.314 e. The molecule has 0 saturated heterocycles. The van der Waals surface area contributed by atoms with Crippen LogP contribution in [0.25, 0.3) is 0 Å². The van der Waals surface area contributed by atoms with Gasteiger partial charge in [-0.15, -0.1) is 5.10 Å². The van der Waals surface area contributed by atoms with Gasteiger partial charge in [0.2, 0.25) is 0 Å². The quantitative estimate of drug-likeness (QED) is 0.719. The van der Waals surface area contributed by atoms with Crippen molar-refractivity contribution >= 4 is 0 Å². The molecule has 2 rings (SSSR count). The van der Waals surface area contributed by atoms with Gasteiger partial charge < -0.3 is 5.32 Å². The average molecular weight is 208 g/mol. The zero-order chi connectivity index (χ0) is 10.7. The van der Waals surface area contributed by atoms with Crippen molar-refractivity contribution in [3.05, 3.63) is 12.4 Å². The lowest BCUT2D eigenvalue weighted by Crippen LogP contribution is -2.34. The molecule has 1 atom stereocenters. The van der Waals surface area contributed by atoms with E-state index in [1.807, 2.05) is 10.9 Å². The summed E-state index contributed by atoms with van der Waals surface area (Å²) in [6.07, 6.45) is 7.51. The van der Waals surface area contributed by atoms with Gasteiger partial charge in [0, 0.05) is 18.8 Å². The van der Waals surface area contributed by atoms with E-state index in [1.165, 1.54) is 12.8 Å². The predicted octanol–water partition coefficient (Wildman–Crippen LogP) is 1.45. The van der Waals surface area contributed by atoms with Gasteiger partial charge in [-0.2, -0.15) is 0 Å². The smallest absolute Gasteiger partial charge is 0.0692 e. The standard InChI is InChI=1S/C11H20N4/c1-10(11(2)4-5-11)12-6-3-8-15-9-7-13-14-15/h7,9-10,12H,3-6,8H2,1-2H3. The van der Waals surface area contributed by atoms with E-state index in [0.717, 1.165) is 19.5 Å². The first-order valence-electron chi connectivity index (χ1n) is 5.78. The molecule has 0 amide bonds. The van der Waals surface area contributed by atoms with Gasteiger partial charge >= 0.3 is 0 Å². The second kappa shape index (κ2) is 4.31. The summed E-state index contributed by atoms with van der Waals surface area (Å²) < 4.78 is 1.88. The summed E-state index contributed by atoms with van der Waals surface area (Å²) in [5.41, 5.74) is 0.577. The Bertz CT molecular complexity index is 290. The summed E-state index contributed by atoms with van der Waals surface area (Å²) in [5, 5.41) is 11.3. The highest BCUT2D eigenvalue weighted by molar-refractivity contribution is 4.96. The van der Waals surface area contributed by atoms with Crippen molar-refractivity contribution < 1.29 is 0 Å². The van der Waals surface area contributed by atoms with Gasteiger partial charge in [0.15, 0.2) is 0 Å². The molecule has 1 aliphatic carbocycles. The van der Waals surface area contributed by atoms with Crippen molar-refractivity contribution in [3.8, 4) is 0 Å². The lowest BCUT2D eigenvalue weighted by molar-refractivity contribution is 0.373. The molecule has 1 saturated carbocycles. The van der Waals surface area contributed by atoms with Crippen LogP contribution in [0.4, 0.5) is 0 Å². The molecule has 84 valence electrons. The van der Waals surface area contributed by atoms with Gasteiger partial charge in [0.05, 0.1) is 6.20 Å². The maximum atomic E-state index is 3.93. The van der Waals surface area contributed by atoms with Crippen molar-refractivity contribution in [2.24, 2.45) is 5.41 Å². The van der Waals surface area contributed by atoms with E-state index in [4.69, 9.17) is 0 Å². The monoisotopic (exact) mass is 208 g/mol. The molecule has 1 aromatic heterocycles. The molecule has 4 nitrogen and oxygen atoms in total. The molecular formula is C11H20N4. The van der Waals surface area contributed by atoms with Crippen LogP contribution in [0.5, 0.6) is 0 Å². The molecular weight excluding hydrogens is 188 g/mol. The maximum absolute atomic E-state index is 3.93. The second-order valence-electron chi connectivity index (χ2n) is 4.85. The normalized spacial score (nSPS) is 20.1. The summed E-state index contributed by atoms with van der Waals surface area (Å²) in [4.78, 5) is 0. The van der Waals surface area contributed by atoms with Crippen LogP contribution in [0.2, 0.25) is 0 Å². The van der Waals surface area contributed by atoms with E-state index in [2.05, 4.69) is 29.5 Å². The van der Waals surface area contributed by atoms with E-state index in [9.17, 15) is 0 Å². The lowest BCUT2D eigenvalue weighted by Gasteiger charge is -2.20. The predicted molar refractivity (Wildman–Crippen MR) is 59.4 cm³/mol. The third-order valence-electron chi connectivity index (χ3n) is 3.57. The van der Waals surface area contributed by atoms with Crippen LogP contribution < -0.4 is 5.32 Å². The lowest BCUT2D eigenvalue weighted by atomic mass is 10.0. The van der Waals surface area contributed by atoms with Crippen LogP contribution in [-0.2, 0) is 6.54 Å². The molecule has 0 radical (unpaired) electrons. The van der Waals surface area contributed by atoms with Gasteiger partial charge in [-0.3, -0.25) is 4.68 Å². The van der Waals surface area contributed by atoms with Crippen LogP contribution in [0.15, 0.2) is 12.4 Å². The Hall–Kier alpha value is -0.900. The van der Waals surface area contributed by atoms with Crippen molar-refractivity contribution in [1.29, 1.82) is 0 Å². The maximum Gasteiger partial charge on any atom is 0.0692 e. The third-order valence-corrected chi connectivity index (χ3v) is 3.57. The van der Waals surface area contributed by atoms with E-state index >= 15 is 0 Å². The summed E-state index contributed by atoms with van der Waals surface area (Å²) in [6, 6.07) is 0.647. The van der Waals surface area contributed by atoms with Crippen molar-refractivity contribution in [2.75, 3.05) is 6.54 Å². The van der Waals surface area contributed by atoms with Crippen LogP contribution in [0, 0.1) is 5.41 Å². The Balaban J connectivity index is 1.59. The number of nitrogens with zero attached hydrogens (tertiary/aromatic N) is 3.